The minimum atomic E-state index is -0.566. The highest BCUT2D eigenvalue weighted by Gasteiger charge is 2.40. The summed E-state index contributed by atoms with van der Waals surface area (Å²) in [5.41, 5.74) is 0. The molecule has 210 valence electrons. The molecule has 0 spiro atoms. The van der Waals surface area contributed by atoms with Crippen molar-refractivity contribution in [2.24, 2.45) is 41.4 Å². The molecule has 0 aromatic rings. The summed E-state index contributed by atoms with van der Waals surface area (Å²) in [6.45, 7) is 8.19. The van der Waals surface area contributed by atoms with E-state index in [9.17, 15) is 15.3 Å². The Morgan fingerprint density at radius 1 is 0.722 bits per heavy atom. The van der Waals surface area contributed by atoms with Gasteiger partial charge in [-0.3, -0.25) is 10.2 Å². The first kappa shape index (κ1) is 29.1. The van der Waals surface area contributed by atoms with Crippen molar-refractivity contribution in [2.45, 2.75) is 134 Å². The number of hydrogen-bond acceptors (Lipinski definition) is 5. The van der Waals surface area contributed by atoms with Gasteiger partial charge >= 0.3 is 0 Å². The van der Waals surface area contributed by atoms with E-state index in [0.29, 0.717) is 29.0 Å². The number of hydrogen-bond donors (Lipinski definition) is 4. The number of aliphatic hydroxyl groups is 3. The molecule has 0 radical (unpaired) electrons. The lowest BCUT2D eigenvalue weighted by atomic mass is 9.67. The van der Waals surface area contributed by atoms with Gasteiger partial charge in [-0.2, -0.15) is 0 Å². The zero-order valence-corrected chi connectivity index (χ0v) is 24.0. The van der Waals surface area contributed by atoms with Crippen molar-refractivity contribution in [2.75, 3.05) is 13.1 Å². The average molecular weight is 527 g/mol. The van der Waals surface area contributed by atoms with Crippen LogP contribution in [0.3, 0.4) is 0 Å². The summed E-state index contributed by atoms with van der Waals surface area (Å²) in [7, 11) is 0. The molecule has 5 nitrogen and oxygen atoms in total. The van der Waals surface area contributed by atoms with Gasteiger partial charge in [0.25, 0.3) is 0 Å². The maximum absolute atomic E-state index is 11.4. The number of halogens is 1. The van der Waals surface area contributed by atoms with Crippen LogP contribution < -0.4 is 5.32 Å². The topological polar surface area (TPSA) is 76.0 Å². The fourth-order valence-corrected chi connectivity index (χ4v) is 8.54. The Morgan fingerprint density at radius 3 is 1.94 bits per heavy atom. The molecular formula is C30H55ClN2O3. The first-order valence-corrected chi connectivity index (χ1v) is 15.8. The Labute approximate surface area is 225 Å². The molecule has 4 rings (SSSR count). The third kappa shape index (κ3) is 7.39. The standard InChI is InChI=1S/C30H55ClN2O3/c1-19(2)28(30(36)33-15-14-26(18-33)21-10-12-27(31)13-11-21)32-29(35)25-9-5-8-24(17-25)23-7-4-6-22(16-23)20(3)34/h19-30,32,34-36H,4-18H2,1-3H3/t20?,21?,22?,23?,24?,25?,26?,27?,28-,29?,30?/m1/s1. The molecule has 9 atom stereocenters. The van der Waals surface area contributed by atoms with Crippen LogP contribution in [0.5, 0.6) is 0 Å². The van der Waals surface area contributed by atoms with E-state index in [4.69, 9.17) is 11.6 Å². The number of likely N-dealkylation sites (tertiary alicyclic amines) is 1. The van der Waals surface area contributed by atoms with Crippen molar-refractivity contribution < 1.29 is 15.3 Å². The summed E-state index contributed by atoms with van der Waals surface area (Å²) in [5.74, 6) is 3.71. The lowest BCUT2D eigenvalue weighted by Crippen LogP contribution is -2.56. The number of alkyl halides is 1. The fraction of sp³-hybridized carbons (Fsp3) is 1.00. The predicted octanol–water partition coefficient (Wildman–Crippen LogP) is 5.35. The van der Waals surface area contributed by atoms with Gasteiger partial charge in [-0.1, -0.05) is 39.5 Å². The van der Waals surface area contributed by atoms with E-state index >= 15 is 0 Å². The van der Waals surface area contributed by atoms with Crippen LogP contribution >= 0.6 is 11.6 Å². The quantitative estimate of drug-likeness (QED) is 0.241. The summed E-state index contributed by atoms with van der Waals surface area (Å²) >= 11 is 6.34. The van der Waals surface area contributed by atoms with E-state index in [2.05, 4.69) is 24.1 Å². The van der Waals surface area contributed by atoms with E-state index in [0.717, 1.165) is 57.5 Å². The number of nitrogens with one attached hydrogen (secondary N) is 1. The normalized spacial score (nSPS) is 40.2. The summed E-state index contributed by atoms with van der Waals surface area (Å²) in [5, 5.41) is 36.8. The third-order valence-electron chi connectivity index (χ3n) is 10.7. The molecule has 1 saturated heterocycles. The molecule has 3 aliphatic carbocycles. The molecule has 3 saturated carbocycles. The van der Waals surface area contributed by atoms with Crippen molar-refractivity contribution in [3.8, 4) is 0 Å². The highest BCUT2D eigenvalue weighted by Crippen LogP contribution is 2.43. The molecule has 1 aliphatic heterocycles. The van der Waals surface area contributed by atoms with E-state index in [1.54, 1.807) is 0 Å². The second kappa shape index (κ2) is 13.4. The Balaban J connectivity index is 1.29. The molecule has 8 unspecified atom stereocenters. The van der Waals surface area contributed by atoms with Crippen LogP contribution in [0, 0.1) is 41.4 Å². The summed E-state index contributed by atoms with van der Waals surface area (Å²) in [4.78, 5) is 2.27. The second-order valence-corrected chi connectivity index (χ2v) is 14.1. The van der Waals surface area contributed by atoms with Crippen LogP contribution in [0.25, 0.3) is 0 Å². The number of rotatable bonds is 9. The summed E-state index contributed by atoms with van der Waals surface area (Å²) in [6, 6.07) is -0.132. The molecule has 4 aliphatic rings. The number of aliphatic hydroxyl groups excluding tert-OH is 3. The van der Waals surface area contributed by atoms with Gasteiger partial charge in [0.2, 0.25) is 0 Å². The van der Waals surface area contributed by atoms with Gasteiger partial charge < -0.3 is 15.3 Å². The van der Waals surface area contributed by atoms with Crippen LogP contribution in [0.2, 0.25) is 0 Å². The lowest BCUT2D eigenvalue weighted by Gasteiger charge is -2.42. The van der Waals surface area contributed by atoms with Gasteiger partial charge in [-0.25, -0.2) is 0 Å². The van der Waals surface area contributed by atoms with Crippen molar-refractivity contribution >= 4 is 11.6 Å². The Morgan fingerprint density at radius 2 is 1.33 bits per heavy atom. The molecule has 36 heavy (non-hydrogen) atoms. The molecular weight excluding hydrogens is 472 g/mol. The van der Waals surface area contributed by atoms with Gasteiger partial charge in [-0.05, 0) is 106 Å². The highest BCUT2D eigenvalue weighted by molar-refractivity contribution is 6.20. The molecule has 4 fully saturated rings. The van der Waals surface area contributed by atoms with Crippen LogP contribution in [-0.4, -0.2) is 63.3 Å². The lowest BCUT2D eigenvalue weighted by molar-refractivity contribution is -0.0587. The van der Waals surface area contributed by atoms with Gasteiger partial charge in [0.15, 0.2) is 0 Å². The first-order chi connectivity index (χ1) is 17.2. The van der Waals surface area contributed by atoms with Crippen LogP contribution in [-0.2, 0) is 0 Å². The predicted molar refractivity (Wildman–Crippen MR) is 148 cm³/mol. The minimum absolute atomic E-state index is 0.132. The minimum Gasteiger partial charge on any atom is -0.393 e. The third-order valence-corrected chi connectivity index (χ3v) is 11.1. The Bertz CT molecular complexity index is 656. The van der Waals surface area contributed by atoms with Crippen molar-refractivity contribution in [3.05, 3.63) is 0 Å². The van der Waals surface area contributed by atoms with E-state index in [1.807, 2.05) is 6.92 Å². The van der Waals surface area contributed by atoms with Crippen LogP contribution in [0.1, 0.15) is 104 Å². The van der Waals surface area contributed by atoms with Gasteiger partial charge in [0.1, 0.15) is 12.5 Å². The zero-order chi connectivity index (χ0) is 25.8. The zero-order valence-electron chi connectivity index (χ0n) is 23.2. The largest absolute Gasteiger partial charge is 0.393 e. The second-order valence-electron chi connectivity index (χ2n) is 13.5. The van der Waals surface area contributed by atoms with Crippen molar-refractivity contribution in [3.63, 3.8) is 0 Å². The average Bonchev–Trinajstić information content (AvgIpc) is 3.37. The first-order valence-electron chi connectivity index (χ1n) is 15.4. The monoisotopic (exact) mass is 526 g/mol. The van der Waals surface area contributed by atoms with Crippen LogP contribution in [0.4, 0.5) is 0 Å². The number of nitrogens with zero attached hydrogens (tertiary/aromatic N) is 1. The molecule has 6 heteroatoms. The molecule has 0 amide bonds. The van der Waals surface area contributed by atoms with Crippen LogP contribution in [0.15, 0.2) is 0 Å². The van der Waals surface area contributed by atoms with Gasteiger partial charge in [0, 0.05) is 18.5 Å². The van der Waals surface area contributed by atoms with Crippen molar-refractivity contribution in [1.82, 2.24) is 10.2 Å². The molecule has 0 aromatic carbocycles. The molecule has 0 aromatic heterocycles. The van der Waals surface area contributed by atoms with Gasteiger partial charge in [0.05, 0.1) is 12.1 Å². The molecule has 0 bridgehead atoms. The smallest absolute Gasteiger partial charge is 0.123 e. The maximum atomic E-state index is 11.4. The van der Waals surface area contributed by atoms with E-state index < -0.39 is 12.5 Å². The van der Waals surface area contributed by atoms with E-state index in [1.165, 1.54) is 44.9 Å². The summed E-state index contributed by atoms with van der Waals surface area (Å²) in [6.07, 6.45) is 14.0. The Kier molecular flexibility index (Phi) is 10.9. The fourth-order valence-electron chi connectivity index (χ4n) is 8.29. The molecule has 1 heterocycles. The van der Waals surface area contributed by atoms with E-state index in [-0.39, 0.29) is 24.0 Å². The van der Waals surface area contributed by atoms with Gasteiger partial charge in [-0.15, -0.1) is 11.6 Å². The maximum Gasteiger partial charge on any atom is 0.123 e. The molecule has 4 N–H and O–H groups in total. The Hall–Kier alpha value is 0.0900. The van der Waals surface area contributed by atoms with Crippen molar-refractivity contribution in [1.29, 1.82) is 0 Å². The highest BCUT2D eigenvalue weighted by atomic mass is 35.5. The SMILES string of the molecule is CC(O)C1CCCC(C2CCCC(C(O)N[C@H](C(C)C)C(O)N3CCC(C4CCC(Cl)CC4)C3)C2)C1. The summed E-state index contributed by atoms with van der Waals surface area (Å²) < 4.78 is 0.